The van der Waals surface area contributed by atoms with Crippen molar-refractivity contribution in [2.24, 2.45) is 0 Å². The van der Waals surface area contributed by atoms with Gasteiger partial charge in [-0.05, 0) is 25.0 Å². The largest absolute Gasteiger partial charge is 1.00 e. The summed E-state index contributed by atoms with van der Waals surface area (Å²) < 4.78 is 0. The number of carboxylic acid groups (broad SMARTS) is 1. The summed E-state index contributed by atoms with van der Waals surface area (Å²) in [5, 5.41) is 10.2. The van der Waals surface area contributed by atoms with Gasteiger partial charge in [-0.1, -0.05) is 89.9 Å². The second kappa shape index (κ2) is 22.8. The van der Waals surface area contributed by atoms with Gasteiger partial charge in [0.05, 0.1) is 0 Å². The van der Waals surface area contributed by atoms with Crippen molar-refractivity contribution in [1.29, 1.82) is 0 Å². The fourth-order valence-electron chi connectivity index (χ4n) is 2.86. The van der Waals surface area contributed by atoms with Gasteiger partial charge in [0.15, 0.2) is 0 Å². The molecular weight excluding hydrogens is 315 g/mol. The molecule has 0 bridgehead atoms. The quantitative estimate of drug-likeness (QED) is 0.234. The fraction of sp³-hybridized carbons (Fsp3) is 0.947. The number of rotatable bonds is 18. The van der Waals surface area contributed by atoms with Crippen LogP contribution in [0.25, 0.3) is 0 Å². The molecule has 0 aliphatic carbocycles. The first-order chi connectivity index (χ1) is 10.8. The molecule has 0 saturated heterocycles. The van der Waals surface area contributed by atoms with Crippen LogP contribution < -0.4 is 34.7 Å². The number of carbonyl (C=O) groups excluding carboxylic acids is 1. The smallest absolute Gasteiger partial charge is 0.550 e. The number of hydrogen-bond acceptors (Lipinski definition) is 3. The van der Waals surface area contributed by atoms with E-state index in [-0.39, 0.29) is 36.0 Å². The molecule has 23 heavy (non-hydrogen) atoms. The molecule has 0 unspecified atom stereocenters. The Balaban J connectivity index is 0. The summed E-state index contributed by atoms with van der Waals surface area (Å²) in [6.45, 7) is 0. The summed E-state index contributed by atoms with van der Waals surface area (Å²) in [5.41, 5.74) is 0. The Morgan fingerprint density at radius 1 is 0.565 bits per heavy atom. The molecule has 2 nitrogen and oxygen atoms in total. The molecule has 0 N–H and O–H groups in total. The molecule has 0 fully saturated rings. The van der Waals surface area contributed by atoms with E-state index in [1.165, 1.54) is 89.9 Å². The summed E-state index contributed by atoms with van der Waals surface area (Å²) in [7, 11) is 0. The third kappa shape index (κ3) is 25.2. The van der Waals surface area contributed by atoms with E-state index in [0.29, 0.717) is 0 Å². The molecule has 0 atom stereocenters. The molecule has 132 valence electrons. The van der Waals surface area contributed by atoms with E-state index in [1.807, 2.05) is 0 Å². The Morgan fingerprint density at radius 2 is 0.826 bits per heavy atom. The van der Waals surface area contributed by atoms with Gasteiger partial charge >= 0.3 is 29.6 Å². The number of unbranched alkanes of at least 4 members (excludes halogenated alkanes) is 15. The van der Waals surface area contributed by atoms with E-state index in [0.717, 1.165) is 18.6 Å². The maximum atomic E-state index is 10.2. The van der Waals surface area contributed by atoms with Crippen LogP contribution in [0.3, 0.4) is 0 Å². The van der Waals surface area contributed by atoms with Gasteiger partial charge in [-0.15, -0.1) is 0 Å². The van der Waals surface area contributed by atoms with E-state index in [9.17, 15) is 9.90 Å². The Labute approximate surface area is 172 Å². The minimum Gasteiger partial charge on any atom is -0.550 e. The van der Waals surface area contributed by atoms with Crippen molar-refractivity contribution in [2.75, 3.05) is 5.75 Å². The average Bonchev–Trinajstić information content (AvgIpc) is 2.50. The van der Waals surface area contributed by atoms with Gasteiger partial charge in [0.25, 0.3) is 0 Å². The van der Waals surface area contributed by atoms with Crippen molar-refractivity contribution >= 4 is 18.6 Å². The van der Waals surface area contributed by atoms with E-state index in [2.05, 4.69) is 12.6 Å². The van der Waals surface area contributed by atoms with Crippen molar-refractivity contribution in [1.82, 2.24) is 0 Å². The maximum absolute atomic E-state index is 10.2. The summed E-state index contributed by atoms with van der Waals surface area (Å²) in [6.07, 6.45) is 21.0. The van der Waals surface area contributed by atoms with Crippen LogP contribution in [0.2, 0.25) is 0 Å². The number of carbonyl (C=O) groups is 1. The molecule has 0 aromatic heterocycles. The molecule has 0 amide bonds. The summed E-state index contributed by atoms with van der Waals surface area (Å²) in [4.78, 5) is 10.2. The standard InChI is InChI=1S/C19H38O2S.Na/c20-19(21)17-15-13-11-9-7-5-3-1-2-4-6-8-10-12-14-16-18-22;/h22H,1-18H2,(H,20,21);/q;+1/p-1. The third-order valence-corrected chi connectivity index (χ3v) is 4.61. The molecule has 0 aliphatic rings. The van der Waals surface area contributed by atoms with Crippen LogP contribution in [0.15, 0.2) is 0 Å². The Bertz CT molecular complexity index is 237. The van der Waals surface area contributed by atoms with E-state index in [4.69, 9.17) is 0 Å². The summed E-state index contributed by atoms with van der Waals surface area (Å²) in [6, 6.07) is 0. The van der Waals surface area contributed by atoms with Crippen LogP contribution >= 0.6 is 12.6 Å². The summed E-state index contributed by atoms with van der Waals surface area (Å²) >= 11 is 4.23. The van der Waals surface area contributed by atoms with Gasteiger partial charge in [-0.25, -0.2) is 0 Å². The van der Waals surface area contributed by atoms with Crippen molar-refractivity contribution < 1.29 is 39.5 Å². The molecule has 0 spiro atoms. The van der Waals surface area contributed by atoms with Gasteiger partial charge < -0.3 is 9.90 Å². The van der Waals surface area contributed by atoms with Crippen LogP contribution in [0.1, 0.15) is 109 Å². The first-order valence-electron chi connectivity index (χ1n) is 9.58. The number of aliphatic carboxylic acids is 1. The Hall–Kier alpha value is 0.820. The first-order valence-corrected chi connectivity index (χ1v) is 10.2. The Kier molecular flexibility index (Phi) is 25.8. The molecule has 0 heterocycles. The summed E-state index contributed by atoms with van der Waals surface area (Å²) in [5.74, 6) is 0.137. The van der Waals surface area contributed by atoms with Crippen molar-refractivity contribution in [2.45, 2.75) is 109 Å². The molecule has 0 aromatic rings. The average molecular weight is 353 g/mol. The third-order valence-electron chi connectivity index (χ3n) is 4.29. The zero-order valence-corrected chi connectivity index (χ0v) is 18.4. The molecule has 4 heteroatoms. The van der Waals surface area contributed by atoms with Gasteiger partial charge in [0, 0.05) is 5.97 Å². The zero-order chi connectivity index (χ0) is 16.3. The van der Waals surface area contributed by atoms with Crippen LogP contribution in [0.5, 0.6) is 0 Å². The molecule has 0 aliphatic heterocycles. The second-order valence-electron chi connectivity index (χ2n) is 6.50. The molecule has 0 radical (unpaired) electrons. The van der Waals surface area contributed by atoms with Crippen molar-refractivity contribution in [3.05, 3.63) is 0 Å². The predicted molar refractivity (Wildman–Crippen MR) is 97.3 cm³/mol. The van der Waals surface area contributed by atoms with E-state index >= 15 is 0 Å². The first kappa shape index (κ1) is 26.1. The normalized spacial score (nSPS) is 10.5. The predicted octanol–water partition coefficient (Wildman–Crippen LogP) is 2.30. The minimum absolute atomic E-state index is 0. The van der Waals surface area contributed by atoms with Crippen LogP contribution in [-0.4, -0.2) is 11.7 Å². The van der Waals surface area contributed by atoms with Crippen molar-refractivity contribution in [3.63, 3.8) is 0 Å². The molecule has 0 saturated carbocycles. The minimum atomic E-state index is -0.905. The maximum Gasteiger partial charge on any atom is 1.00 e. The molecular formula is C19H37NaO2S. The van der Waals surface area contributed by atoms with E-state index < -0.39 is 5.97 Å². The number of carboxylic acids is 1. The Morgan fingerprint density at radius 3 is 1.09 bits per heavy atom. The van der Waals surface area contributed by atoms with E-state index in [1.54, 1.807) is 0 Å². The topological polar surface area (TPSA) is 40.1 Å². The van der Waals surface area contributed by atoms with Crippen LogP contribution in [-0.2, 0) is 4.79 Å². The molecule has 0 rings (SSSR count). The van der Waals surface area contributed by atoms with Gasteiger partial charge in [0.2, 0.25) is 0 Å². The van der Waals surface area contributed by atoms with Crippen molar-refractivity contribution in [3.8, 4) is 0 Å². The monoisotopic (exact) mass is 352 g/mol. The van der Waals surface area contributed by atoms with Crippen LogP contribution in [0.4, 0.5) is 0 Å². The fourth-order valence-corrected chi connectivity index (χ4v) is 3.08. The van der Waals surface area contributed by atoms with Crippen LogP contribution in [0, 0.1) is 0 Å². The number of hydrogen-bond donors (Lipinski definition) is 1. The molecule has 0 aromatic carbocycles. The van der Waals surface area contributed by atoms with Gasteiger partial charge in [-0.3, -0.25) is 0 Å². The zero-order valence-electron chi connectivity index (χ0n) is 15.5. The second-order valence-corrected chi connectivity index (χ2v) is 6.95. The van der Waals surface area contributed by atoms with Gasteiger partial charge in [0.1, 0.15) is 0 Å². The number of thiol groups is 1. The van der Waals surface area contributed by atoms with Gasteiger partial charge in [-0.2, -0.15) is 12.6 Å². The SMILES string of the molecule is O=C([O-])CCCCCCCCCCCCCCCCCCS.[Na+].